The molecule has 19 heavy (non-hydrogen) atoms. The summed E-state index contributed by atoms with van der Waals surface area (Å²) < 4.78 is 4.91. The van der Waals surface area contributed by atoms with Crippen LogP contribution >= 0.6 is 0 Å². The molecule has 0 aliphatic heterocycles. The number of hydrogen-bond donors (Lipinski definition) is 2. The highest BCUT2D eigenvalue weighted by molar-refractivity contribution is 5.75. The first-order valence-corrected chi connectivity index (χ1v) is 6.30. The van der Waals surface area contributed by atoms with Gasteiger partial charge in [-0.15, -0.1) is 0 Å². The summed E-state index contributed by atoms with van der Waals surface area (Å²) in [4.78, 5) is 11.6. The quantitative estimate of drug-likeness (QED) is 0.593. The van der Waals surface area contributed by atoms with Crippen molar-refractivity contribution < 1.29 is 9.53 Å². The minimum absolute atomic E-state index is 0.0265. The molecular weight excluding hydrogens is 240 g/mol. The second-order valence-electron chi connectivity index (χ2n) is 4.04. The minimum atomic E-state index is 0.0265. The van der Waals surface area contributed by atoms with Crippen LogP contribution < -0.4 is 11.1 Å². The summed E-state index contributed by atoms with van der Waals surface area (Å²) >= 11 is 0. The summed E-state index contributed by atoms with van der Waals surface area (Å²) in [5, 5.41) is 2.88. The predicted molar refractivity (Wildman–Crippen MR) is 75.3 cm³/mol. The first-order valence-electron chi connectivity index (χ1n) is 6.30. The van der Waals surface area contributed by atoms with Crippen LogP contribution in [0.2, 0.25) is 0 Å². The van der Waals surface area contributed by atoms with Crippen LogP contribution in [0.1, 0.15) is 24.0 Å². The molecule has 0 atom stereocenters. The number of carbonyl (C=O) groups is 1. The molecule has 1 aromatic rings. The van der Waals surface area contributed by atoms with Gasteiger partial charge in [-0.05, 0) is 18.1 Å². The number of benzene rings is 1. The Hall–Kier alpha value is -1.83. The Kier molecular flexibility index (Phi) is 7.33. The maximum Gasteiger partial charge on any atom is 0.220 e. The van der Waals surface area contributed by atoms with Gasteiger partial charge in [-0.3, -0.25) is 4.79 Å². The van der Waals surface area contributed by atoms with Gasteiger partial charge in [-0.1, -0.05) is 30.0 Å². The van der Waals surface area contributed by atoms with E-state index in [0.29, 0.717) is 26.1 Å². The molecule has 4 nitrogen and oxygen atoms in total. The SMILES string of the molecule is COCCCC(=O)NCc1ccccc1C#CCN. The fourth-order valence-electron chi connectivity index (χ4n) is 1.60. The summed E-state index contributed by atoms with van der Waals surface area (Å²) in [7, 11) is 1.63. The number of nitrogens with two attached hydrogens (primary N) is 1. The lowest BCUT2D eigenvalue weighted by Gasteiger charge is -2.07. The van der Waals surface area contributed by atoms with Crippen LogP contribution in [0.3, 0.4) is 0 Å². The van der Waals surface area contributed by atoms with Crippen molar-refractivity contribution in [3.63, 3.8) is 0 Å². The monoisotopic (exact) mass is 260 g/mol. The molecule has 0 aromatic heterocycles. The van der Waals surface area contributed by atoms with Crippen molar-refractivity contribution >= 4 is 5.91 Å². The van der Waals surface area contributed by atoms with E-state index in [1.807, 2.05) is 24.3 Å². The Morgan fingerprint density at radius 3 is 2.95 bits per heavy atom. The number of hydrogen-bond acceptors (Lipinski definition) is 3. The Labute approximate surface area is 114 Å². The molecule has 0 aliphatic rings. The van der Waals surface area contributed by atoms with Gasteiger partial charge in [0.2, 0.25) is 5.91 Å². The summed E-state index contributed by atoms with van der Waals surface area (Å²) in [6, 6.07) is 7.73. The van der Waals surface area contributed by atoms with Crippen LogP contribution in [0.25, 0.3) is 0 Å². The van der Waals surface area contributed by atoms with Crippen LogP contribution in [0.5, 0.6) is 0 Å². The van der Waals surface area contributed by atoms with E-state index in [1.165, 1.54) is 0 Å². The lowest BCUT2D eigenvalue weighted by atomic mass is 10.1. The summed E-state index contributed by atoms with van der Waals surface area (Å²) in [6.07, 6.45) is 1.21. The van der Waals surface area contributed by atoms with Gasteiger partial charge in [0.25, 0.3) is 0 Å². The number of nitrogens with one attached hydrogen (secondary N) is 1. The van der Waals surface area contributed by atoms with Crippen LogP contribution in [-0.2, 0) is 16.1 Å². The third-order valence-corrected chi connectivity index (χ3v) is 2.57. The Morgan fingerprint density at radius 1 is 1.42 bits per heavy atom. The van der Waals surface area contributed by atoms with Gasteiger partial charge in [0.05, 0.1) is 6.54 Å². The van der Waals surface area contributed by atoms with Crippen LogP contribution in [-0.4, -0.2) is 26.2 Å². The normalized spacial score (nSPS) is 9.58. The van der Waals surface area contributed by atoms with E-state index in [0.717, 1.165) is 17.5 Å². The van der Waals surface area contributed by atoms with E-state index in [9.17, 15) is 4.79 Å². The average Bonchev–Trinajstić information content (AvgIpc) is 2.44. The highest BCUT2D eigenvalue weighted by atomic mass is 16.5. The number of methoxy groups -OCH3 is 1. The van der Waals surface area contributed by atoms with Gasteiger partial charge >= 0.3 is 0 Å². The lowest BCUT2D eigenvalue weighted by molar-refractivity contribution is -0.121. The fraction of sp³-hybridized carbons (Fsp3) is 0.400. The second-order valence-corrected chi connectivity index (χ2v) is 4.04. The van der Waals surface area contributed by atoms with Gasteiger partial charge in [-0.2, -0.15) is 0 Å². The molecule has 1 aromatic carbocycles. The topological polar surface area (TPSA) is 64.3 Å². The van der Waals surface area contributed by atoms with E-state index >= 15 is 0 Å². The molecule has 0 spiro atoms. The zero-order valence-electron chi connectivity index (χ0n) is 11.2. The van der Waals surface area contributed by atoms with E-state index in [-0.39, 0.29) is 5.91 Å². The van der Waals surface area contributed by atoms with E-state index in [1.54, 1.807) is 7.11 Å². The van der Waals surface area contributed by atoms with Gasteiger partial charge in [-0.25, -0.2) is 0 Å². The van der Waals surface area contributed by atoms with Crippen LogP contribution in [0.15, 0.2) is 24.3 Å². The minimum Gasteiger partial charge on any atom is -0.385 e. The molecule has 0 aliphatic carbocycles. The number of amides is 1. The zero-order valence-corrected chi connectivity index (χ0v) is 11.2. The molecule has 0 heterocycles. The maximum atomic E-state index is 11.6. The average molecular weight is 260 g/mol. The van der Waals surface area contributed by atoms with Crippen molar-refractivity contribution in [3.8, 4) is 11.8 Å². The van der Waals surface area contributed by atoms with Crippen molar-refractivity contribution in [1.29, 1.82) is 0 Å². The molecule has 0 bridgehead atoms. The second kappa shape index (κ2) is 9.15. The third kappa shape index (κ3) is 6.05. The van der Waals surface area contributed by atoms with Crippen molar-refractivity contribution in [1.82, 2.24) is 5.32 Å². The van der Waals surface area contributed by atoms with Gasteiger partial charge in [0, 0.05) is 32.2 Å². The summed E-state index contributed by atoms with van der Waals surface area (Å²) in [6.45, 7) is 1.42. The molecular formula is C15H20N2O2. The Bertz CT molecular complexity index is 461. The molecule has 1 rings (SSSR count). The van der Waals surface area contributed by atoms with Crippen LogP contribution in [0, 0.1) is 11.8 Å². The summed E-state index contributed by atoms with van der Waals surface area (Å²) in [5.74, 6) is 5.85. The third-order valence-electron chi connectivity index (χ3n) is 2.57. The number of ether oxygens (including phenoxy) is 1. The highest BCUT2D eigenvalue weighted by Gasteiger charge is 2.03. The first kappa shape index (κ1) is 15.2. The van der Waals surface area contributed by atoms with Gasteiger partial charge < -0.3 is 15.8 Å². The van der Waals surface area contributed by atoms with Crippen molar-refractivity contribution in [2.24, 2.45) is 5.73 Å². The van der Waals surface area contributed by atoms with Crippen molar-refractivity contribution in [2.75, 3.05) is 20.3 Å². The Balaban J connectivity index is 2.50. The zero-order chi connectivity index (χ0) is 13.9. The molecule has 0 fully saturated rings. The molecule has 1 amide bonds. The Morgan fingerprint density at radius 2 is 2.21 bits per heavy atom. The number of rotatable bonds is 6. The largest absolute Gasteiger partial charge is 0.385 e. The molecule has 0 radical (unpaired) electrons. The maximum absolute atomic E-state index is 11.6. The molecule has 4 heteroatoms. The molecule has 0 saturated carbocycles. The van der Waals surface area contributed by atoms with Crippen LogP contribution in [0.4, 0.5) is 0 Å². The first-order chi connectivity index (χ1) is 9.27. The standard InChI is InChI=1S/C15H20N2O2/c1-19-11-5-9-15(18)17-12-14-7-3-2-6-13(14)8-4-10-16/h2-3,6-7H,5,9-12,16H2,1H3,(H,17,18). The lowest BCUT2D eigenvalue weighted by Crippen LogP contribution is -2.23. The van der Waals surface area contributed by atoms with Gasteiger partial charge in [0.1, 0.15) is 0 Å². The molecule has 0 unspecified atom stereocenters. The predicted octanol–water partition coefficient (Wildman–Crippen LogP) is 1.04. The van der Waals surface area contributed by atoms with E-state index in [4.69, 9.17) is 10.5 Å². The van der Waals surface area contributed by atoms with E-state index in [2.05, 4.69) is 17.2 Å². The van der Waals surface area contributed by atoms with Crippen molar-refractivity contribution in [3.05, 3.63) is 35.4 Å². The molecule has 102 valence electrons. The van der Waals surface area contributed by atoms with Gasteiger partial charge in [0.15, 0.2) is 0 Å². The smallest absolute Gasteiger partial charge is 0.220 e. The molecule has 0 saturated heterocycles. The summed E-state index contributed by atoms with van der Waals surface area (Å²) in [5.41, 5.74) is 7.27. The highest BCUT2D eigenvalue weighted by Crippen LogP contribution is 2.07. The van der Waals surface area contributed by atoms with Crippen molar-refractivity contribution in [2.45, 2.75) is 19.4 Å². The fourth-order valence-corrected chi connectivity index (χ4v) is 1.60. The van der Waals surface area contributed by atoms with E-state index < -0.39 is 0 Å². The number of carbonyl (C=O) groups excluding carboxylic acids is 1. The molecule has 3 N–H and O–H groups in total.